The third-order valence-corrected chi connectivity index (χ3v) is 4.07. The predicted molar refractivity (Wildman–Crippen MR) is 61.2 cm³/mol. The first kappa shape index (κ1) is 10.2. The summed E-state index contributed by atoms with van der Waals surface area (Å²) in [7, 11) is 0. The van der Waals surface area contributed by atoms with Crippen LogP contribution in [0.3, 0.4) is 0 Å². The van der Waals surface area contributed by atoms with E-state index in [1.54, 1.807) is 0 Å². The van der Waals surface area contributed by atoms with Gasteiger partial charge in [-0.1, -0.05) is 26.0 Å². The lowest BCUT2D eigenvalue weighted by Gasteiger charge is -2.22. The van der Waals surface area contributed by atoms with Gasteiger partial charge in [0.1, 0.15) is 0 Å². The van der Waals surface area contributed by atoms with Gasteiger partial charge in [-0.3, -0.25) is 0 Å². The summed E-state index contributed by atoms with van der Waals surface area (Å²) in [6.07, 6.45) is 10.3. The van der Waals surface area contributed by atoms with Crippen LogP contribution < -0.4 is 5.32 Å². The van der Waals surface area contributed by atoms with E-state index in [1.807, 2.05) is 0 Å². The zero-order chi connectivity index (χ0) is 9.97. The smallest absolute Gasteiger partial charge is 0.00619 e. The highest BCUT2D eigenvalue weighted by atomic mass is 14.9. The van der Waals surface area contributed by atoms with Gasteiger partial charge in [-0.2, -0.15) is 0 Å². The molecule has 14 heavy (non-hydrogen) atoms. The van der Waals surface area contributed by atoms with Gasteiger partial charge in [-0.05, 0) is 50.0 Å². The Balaban J connectivity index is 1.74. The first-order valence-electron chi connectivity index (χ1n) is 6.25. The Morgan fingerprint density at radius 2 is 2.00 bits per heavy atom. The molecular weight excluding hydrogens is 170 g/mol. The Labute approximate surface area is 88.0 Å². The van der Waals surface area contributed by atoms with Crippen molar-refractivity contribution in [1.29, 1.82) is 0 Å². The molecule has 0 heterocycles. The van der Waals surface area contributed by atoms with E-state index in [-0.39, 0.29) is 0 Å². The molecule has 0 aromatic carbocycles. The SMILES string of the molecule is CCC(CC)NCC1CC2C=CC1C2. The zero-order valence-corrected chi connectivity index (χ0v) is 9.50. The highest BCUT2D eigenvalue weighted by Gasteiger charge is 2.35. The molecule has 0 aliphatic heterocycles. The maximum Gasteiger partial charge on any atom is 0.00619 e. The van der Waals surface area contributed by atoms with Gasteiger partial charge in [0.2, 0.25) is 0 Å². The van der Waals surface area contributed by atoms with E-state index < -0.39 is 0 Å². The Hall–Kier alpha value is -0.300. The second-order valence-electron chi connectivity index (χ2n) is 4.96. The average molecular weight is 193 g/mol. The average Bonchev–Trinajstić information content (AvgIpc) is 2.80. The maximum absolute atomic E-state index is 3.71. The van der Waals surface area contributed by atoms with Crippen LogP contribution in [0.1, 0.15) is 39.5 Å². The van der Waals surface area contributed by atoms with Crippen LogP contribution in [0.15, 0.2) is 12.2 Å². The second kappa shape index (κ2) is 4.48. The molecule has 3 atom stereocenters. The molecule has 1 fully saturated rings. The Morgan fingerprint density at radius 1 is 1.21 bits per heavy atom. The summed E-state index contributed by atoms with van der Waals surface area (Å²) in [6, 6.07) is 0.748. The van der Waals surface area contributed by atoms with Gasteiger partial charge in [0, 0.05) is 6.04 Å². The molecule has 80 valence electrons. The summed E-state index contributed by atoms with van der Waals surface area (Å²) in [5.74, 6) is 2.76. The number of hydrogen-bond donors (Lipinski definition) is 1. The number of hydrogen-bond acceptors (Lipinski definition) is 1. The lowest BCUT2D eigenvalue weighted by molar-refractivity contribution is 0.372. The third-order valence-electron chi connectivity index (χ3n) is 4.07. The van der Waals surface area contributed by atoms with Gasteiger partial charge in [-0.15, -0.1) is 0 Å². The molecule has 0 spiro atoms. The quantitative estimate of drug-likeness (QED) is 0.662. The highest BCUT2D eigenvalue weighted by Crippen LogP contribution is 2.42. The van der Waals surface area contributed by atoms with Gasteiger partial charge in [0.05, 0.1) is 0 Å². The molecule has 1 N–H and O–H groups in total. The van der Waals surface area contributed by atoms with Crippen molar-refractivity contribution in [1.82, 2.24) is 5.32 Å². The van der Waals surface area contributed by atoms with E-state index in [0.717, 1.165) is 23.8 Å². The largest absolute Gasteiger partial charge is 0.314 e. The van der Waals surface area contributed by atoms with Crippen LogP contribution in [-0.4, -0.2) is 12.6 Å². The van der Waals surface area contributed by atoms with Crippen molar-refractivity contribution >= 4 is 0 Å². The molecule has 2 aliphatic carbocycles. The molecule has 0 aromatic heterocycles. The molecular formula is C13H23N. The van der Waals surface area contributed by atoms with Crippen molar-refractivity contribution in [3.63, 3.8) is 0 Å². The van der Waals surface area contributed by atoms with Gasteiger partial charge in [0.15, 0.2) is 0 Å². The van der Waals surface area contributed by atoms with Crippen LogP contribution in [0.5, 0.6) is 0 Å². The first-order chi connectivity index (χ1) is 6.83. The third kappa shape index (κ3) is 2.03. The predicted octanol–water partition coefficient (Wildman–Crippen LogP) is 2.98. The molecule has 1 nitrogen and oxygen atoms in total. The van der Waals surface area contributed by atoms with Crippen LogP contribution in [0.4, 0.5) is 0 Å². The molecule has 3 unspecified atom stereocenters. The number of allylic oxidation sites excluding steroid dienone is 2. The van der Waals surface area contributed by atoms with Crippen LogP contribution in [0.2, 0.25) is 0 Å². The number of fused-ring (bicyclic) bond motifs is 2. The molecule has 2 bridgehead atoms. The monoisotopic (exact) mass is 193 g/mol. The minimum Gasteiger partial charge on any atom is -0.314 e. The van der Waals surface area contributed by atoms with Gasteiger partial charge < -0.3 is 5.32 Å². The van der Waals surface area contributed by atoms with Crippen LogP contribution >= 0.6 is 0 Å². The van der Waals surface area contributed by atoms with E-state index in [1.165, 1.54) is 32.2 Å². The number of rotatable bonds is 5. The topological polar surface area (TPSA) is 12.0 Å². The molecule has 2 aliphatic rings. The van der Waals surface area contributed by atoms with Crippen molar-refractivity contribution in [2.24, 2.45) is 17.8 Å². The summed E-state index contributed by atoms with van der Waals surface area (Å²) in [4.78, 5) is 0. The van der Waals surface area contributed by atoms with Crippen LogP contribution in [0.25, 0.3) is 0 Å². The molecule has 0 radical (unpaired) electrons. The van der Waals surface area contributed by atoms with Crippen molar-refractivity contribution < 1.29 is 0 Å². The van der Waals surface area contributed by atoms with Crippen LogP contribution in [-0.2, 0) is 0 Å². The Kier molecular flexibility index (Phi) is 3.27. The van der Waals surface area contributed by atoms with Gasteiger partial charge in [0.25, 0.3) is 0 Å². The standard InChI is InChI=1S/C13H23N/c1-3-13(4-2)14-9-12-8-10-5-6-11(12)7-10/h5-6,10-14H,3-4,7-9H2,1-2H3. The summed E-state index contributed by atoms with van der Waals surface area (Å²) in [5, 5.41) is 3.71. The Morgan fingerprint density at radius 3 is 2.50 bits per heavy atom. The molecule has 0 amide bonds. The molecule has 0 aromatic rings. The Bertz CT molecular complexity index is 205. The minimum absolute atomic E-state index is 0.748. The number of nitrogens with one attached hydrogen (secondary N) is 1. The van der Waals surface area contributed by atoms with E-state index in [9.17, 15) is 0 Å². The van der Waals surface area contributed by atoms with Crippen molar-refractivity contribution in [3.05, 3.63) is 12.2 Å². The summed E-state index contributed by atoms with van der Waals surface area (Å²) in [5.41, 5.74) is 0. The van der Waals surface area contributed by atoms with E-state index in [0.29, 0.717) is 0 Å². The fourth-order valence-corrected chi connectivity index (χ4v) is 3.02. The fraction of sp³-hybridized carbons (Fsp3) is 0.846. The second-order valence-corrected chi connectivity index (χ2v) is 4.96. The molecule has 1 heteroatoms. The molecule has 1 saturated carbocycles. The van der Waals surface area contributed by atoms with E-state index in [2.05, 4.69) is 31.3 Å². The van der Waals surface area contributed by atoms with Crippen LogP contribution in [0, 0.1) is 17.8 Å². The summed E-state index contributed by atoms with van der Waals surface area (Å²) in [6.45, 7) is 5.81. The van der Waals surface area contributed by atoms with Gasteiger partial charge in [-0.25, -0.2) is 0 Å². The van der Waals surface area contributed by atoms with Crippen molar-refractivity contribution in [2.75, 3.05) is 6.54 Å². The zero-order valence-electron chi connectivity index (χ0n) is 9.50. The van der Waals surface area contributed by atoms with Gasteiger partial charge >= 0.3 is 0 Å². The maximum atomic E-state index is 3.71. The van der Waals surface area contributed by atoms with E-state index in [4.69, 9.17) is 0 Å². The van der Waals surface area contributed by atoms with Crippen molar-refractivity contribution in [3.8, 4) is 0 Å². The normalized spacial score (nSPS) is 34.6. The molecule has 2 rings (SSSR count). The first-order valence-corrected chi connectivity index (χ1v) is 6.25. The minimum atomic E-state index is 0.748. The van der Waals surface area contributed by atoms with Crippen molar-refractivity contribution in [2.45, 2.75) is 45.6 Å². The summed E-state index contributed by atoms with van der Waals surface area (Å²) < 4.78 is 0. The lowest BCUT2D eigenvalue weighted by atomic mass is 9.93. The van der Waals surface area contributed by atoms with E-state index >= 15 is 0 Å². The lowest BCUT2D eigenvalue weighted by Crippen LogP contribution is -2.33. The fourth-order valence-electron chi connectivity index (χ4n) is 3.02. The highest BCUT2D eigenvalue weighted by molar-refractivity contribution is 5.10. The summed E-state index contributed by atoms with van der Waals surface area (Å²) >= 11 is 0. The molecule has 0 saturated heterocycles.